The number of rotatable bonds is 7. The van der Waals surface area contributed by atoms with E-state index in [-0.39, 0.29) is 18.1 Å². The van der Waals surface area contributed by atoms with Crippen molar-refractivity contribution < 1.29 is 18.0 Å². The number of nitrogens with zero attached hydrogens (tertiary/aromatic N) is 4. The minimum atomic E-state index is -4.60. The molecule has 0 atom stereocenters. The van der Waals surface area contributed by atoms with E-state index in [2.05, 4.69) is 31.4 Å². The van der Waals surface area contributed by atoms with Gasteiger partial charge in [0.1, 0.15) is 0 Å². The Labute approximate surface area is 196 Å². The quantitative estimate of drug-likeness (QED) is 0.420. The number of amides is 1. The first-order valence-electron chi connectivity index (χ1n) is 9.85. The molecule has 172 valence electrons. The van der Waals surface area contributed by atoms with E-state index in [4.69, 9.17) is 11.6 Å². The average molecular weight is 533 g/mol. The third-order valence-corrected chi connectivity index (χ3v) is 6.68. The first-order valence-corrected chi connectivity index (χ1v) is 11.0. The van der Waals surface area contributed by atoms with E-state index in [1.165, 1.54) is 11.6 Å². The summed E-state index contributed by atoms with van der Waals surface area (Å²) in [5, 5.41) is 10.4. The summed E-state index contributed by atoms with van der Waals surface area (Å²) in [7, 11) is 0. The van der Waals surface area contributed by atoms with Gasteiger partial charge in [0.25, 0.3) is 5.91 Å². The zero-order chi connectivity index (χ0) is 23.6. The van der Waals surface area contributed by atoms with Crippen LogP contribution in [0.1, 0.15) is 45.1 Å². The second kappa shape index (κ2) is 9.66. The average Bonchev–Trinajstić information content (AvgIpc) is 3.16. The van der Waals surface area contributed by atoms with Gasteiger partial charge in [-0.25, -0.2) is 0 Å². The molecule has 0 saturated heterocycles. The summed E-state index contributed by atoms with van der Waals surface area (Å²) in [4.78, 5) is 12.4. The zero-order valence-electron chi connectivity index (χ0n) is 17.7. The molecule has 1 N–H and O–H groups in total. The molecule has 0 aliphatic rings. The van der Waals surface area contributed by atoms with E-state index in [0.29, 0.717) is 25.1 Å². The lowest BCUT2D eigenvalue weighted by molar-refractivity contribution is -0.141. The lowest BCUT2D eigenvalue weighted by Gasteiger charge is -2.08. The second-order valence-corrected chi connectivity index (χ2v) is 8.59. The van der Waals surface area contributed by atoms with Crippen LogP contribution in [0.4, 0.5) is 13.2 Å². The third kappa shape index (κ3) is 5.35. The van der Waals surface area contributed by atoms with Crippen molar-refractivity contribution in [3.8, 4) is 0 Å². The highest BCUT2D eigenvalue weighted by atomic mass is 79.9. The Morgan fingerprint density at radius 1 is 1.09 bits per heavy atom. The zero-order valence-corrected chi connectivity index (χ0v) is 20.1. The molecule has 3 rings (SSSR count). The molecule has 0 aliphatic carbocycles. The monoisotopic (exact) mass is 531 g/mol. The van der Waals surface area contributed by atoms with Gasteiger partial charge in [-0.3, -0.25) is 14.2 Å². The lowest BCUT2D eigenvalue weighted by atomic mass is 10.1. The molecule has 0 saturated carbocycles. The molecule has 0 bridgehead atoms. The number of carbonyl (C=O) groups excluding carboxylic acids is 1. The van der Waals surface area contributed by atoms with Crippen molar-refractivity contribution in [2.24, 2.45) is 0 Å². The van der Waals surface area contributed by atoms with Gasteiger partial charge in [-0.05, 0) is 60.8 Å². The number of halogens is 5. The Morgan fingerprint density at radius 3 is 2.28 bits per heavy atom. The van der Waals surface area contributed by atoms with Crippen molar-refractivity contribution in [3.63, 3.8) is 0 Å². The largest absolute Gasteiger partial charge is 0.436 e. The Hall–Kier alpha value is -2.33. The van der Waals surface area contributed by atoms with Crippen molar-refractivity contribution in [1.29, 1.82) is 0 Å². The minimum absolute atomic E-state index is 0.207. The molecule has 0 spiro atoms. The minimum Gasteiger partial charge on any atom is -0.352 e. The number of hydrogen-bond acceptors (Lipinski definition) is 3. The van der Waals surface area contributed by atoms with Crippen LogP contribution in [0.25, 0.3) is 0 Å². The molecule has 0 radical (unpaired) electrons. The van der Waals surface area contributed by atoms with Gasteiger partial charge < -0.3 is 5.32 Å². The van der Waals surface area contributed by atoms with E-state index in [9.17, 15) is 18.0 Å². The van der Waals surface area contributed by atoms with E-state index >= 15 is 0 Å². The van der Waals surface area contributed by atoms with Crippen LogP contribution in [-0.4, -0.2) is 32.0 Å². The molecule has 0 aliphatic heterocycles. The number of aryl methyl sites for hydroxylation is 2. The fourth-order valence-corrected chi connectivity index (χ4v) is 3.75. The second-order valence-electron chi connectivity index (χ2n) is 7.42. The molecule has 2 heterocycles. The van der Waals surface area contributed by atoms with Crippen molar-refractivity contribution >= 4 is 33.4 Å². The maximum absolute atomic E-state index is 12.9. The Balaban J connectivity index is 1.52. The van der Waals surface area contributed by atoms with Gasteiger partial charge in [-0.1, -0.05) is 23.7 Å². The van der Waals surface area contributed by atoms with Gasteiger partial charge in [0.15, 0.2) is 5.69 Å². The Kier molecular flexibility index (Phi) is 7.34. The first kappa shape index (κ1) is 24.3. The molecule has 11 heteroatoms. The molecular formula is C21H22BrClF3N5O. The van der Waals surface area contributed by atoms with Crippen molar-refractivity contribution in [2.75, 3.05) is 6.54 Å². The normalized spacial score (nSPS) is 11.8. The number of hydrogen-bond donors (Lipinski definition) is 1. The van der Waals surface area contributed by atoms with Gasteiger partial charge in [0, 0.05) is 18.7 Å². The molecule has 1 aromatic carbocycles. The lowest BCUT2D eigenvalue weighted by Crippen LogP contribution is -2.25. The van der Waals surface area contributed by atoms with Crippen molar-refractivity contribution in [1.82, 2.24) is 24.9 Å². The molecule has 3 aromatic rings. The molecular weight excluding hydrogens is 511 g/mol. The SMILES string of the molecule is Cc1nn(Cc2ccc(C(=O)NCCCn3nc(C(F)(F)F)c(Cl)c3C)cc2)c(C)c1Br. The smallest absolute Gasteiger partial charge is 0.352 e. The molecule has 0 unspecified atom stereocenters. The third-order valence-electron chi connectivity index (χ3n) is 5.08. The molecule has 0 fully saturated rings. The van der Waals surface area contributed by atoms with Crippen LogP contribution in [0.5, 0.6) is 0 Å². The first-order chi connectivity index (χ1) is 15.0. The van der Waals surface area contributed by atoms with Crippen LogP contribution in [0.3, 0.4) is 0 Å². The van der Waals surface area contributed by atoms with Crippen LogP contribution in [-0.2, 0) is 19.3 Å². The van der Waals surface area contributed by atoms with Crippen LogP contribution in [0, 0.1) is 20.8 Å². The molecule has 1 amide bonds. The maximum Gasteiger partial charge on any atom is 0.436 e. The van der Waals surface area contributed by atoms with E-state index < -0.39 is 16.9 Å². The predicted molar refractivity (Wildman–Crippen MR) is 119 cm³/mol. The highest BCUT2D eigenvalue weighted by molar-refractivity contribution is 9.10. The standard InChI is InChI=1S/C21H22BrClF3N5O/c1-12-17(22)13(2)31(28-12)11-15-5-7-16(8-6-15)20(32)27-9-4-10-30-14(3)18(23)19(29-30)21(24,25)26/h5-8H,4,9-11H2,1-3H3,(H,27,32). The number of carbonyl (C=O) groups is 1. The van der Waals surface area contributed by atoms with Gasteiger partial charge in [0.05, 0.1) is 33.1 Å². The van der Waals surface area contributed by atoms with Crippen LogP contribution < -0.4 is 5.32 Å². The summed E-state index contributed by atoms with van der Waals surface area (Å²) in [6.07, 6.45) is -4.19. The van der Waals surface area contributed by atoms with Gasteiger partial charge in [-0.15, -0.1) is 0 Å². The molecule has 6 nitrogen and oxygen atoms in total. The highest BCUT2D eigenvalue weighted by Crippen LogP contribution is 2.35. The van der Waals surface area contributed by atoms with Crippen molar-refractivity contribution in [3.05, 3.63) is 67.7 Å². The van der Waals surface area contributed by atoms with Crippen LogP contribution in [0.15, 0.2) is 28.7 Å². The summed E-state index contributed by atoms with van der Waals surface area (Å²) < 4.78 is 42.8. The molecule has 2 aromatic heterocycles. The summed E-state index contributed by atoms with van der Waals surface area (Å²) in [6.45, 7) is 6.48. The summed E-state index contributed by atoms with van der Waals surface area (Å²) in [6, 6.07) is 7.21. The van der Waals surface area contributed by atoms with Gasteiger partial charge in [0.2, 0.25) is 0 Å². The fourth-order valence-electron chi connectivity index (χ4n) is 3.22. The Morgan fingerprint density at radius 2 is 1.75 bits per heavy atom. The fraction of sp³-hybridized carbons (Fsp3) is 0.381. The topological polar surface area (TPSA) is 64.7 Å². The van der Waals surface area contributed by atoms with E-state index in [1.54, 1.807) is 12.1 Å². The van der Waals surface area contributed by atoms with Crippen LogP contribution in [0.2, 0.25) is 5.02 Å². The van der Waals surface area contributed by atoms with E-state index in [0.717, 1.165) is 21.4 Å². The van der Waals surface area contributed by atoms with E-state index in [1.807, 2.05) is 30.7 Å². The Bertz CT molecular complexity index is 1120. The van der Waals surface area contributed by atoms with Gasteiger partial charge >= 0.3 is 6.18 Å². The number of nitrogens with one attached hydrogen (secondary N) is 1. The molecule has 32 heavy (non-hydrogen) atoms. The van der Waals surface area contributed by atoms with Gasteiger partial charge in [-0.2, -0.15) is 23.4 Å². The summed E-state index contributed by atoms with van der Waals surface area (Å²) >= 11 is 9.25. The van der Waals surface area contributed by atoms with Crippen molar-refractivity contribution in [2.45, 2.75) is 46.5 Å². The summed E-state index contributed by atoms with van der Waals surface area (Å²) in [5.74, 6) is -0.253. The maximum atomic E-state index is 12.9. The summed E-state index contributed by atoms with van der Waals surface area (Å²) in [5.41, 5.74) is 2.61. The van der Waals surface area contributed by atoms with Crippen LogP contribution >= 0.6 is 27.5 Å². The number of aromatic nitrogens is 4. The number of alkyl halides is 3. The number of benzene rings is 1. The predicted octanol–water partition coefficient (Wildman–Crippen LogP) is 5.31. The highest BCUT2D eigenvalue weighted by Gasteiger charge is 2.38.